The molecule has 6 nitrogen and oxygen atoms in total. The van der Waals surface area contributed by atoms with Crippen LogP contribution < -0.4 is 10.6 Å². The lowest BCUT2D eigenvalue weighted by atomic mass is 10.1. The van der Waals surface area contributed by atoms with Gasteiger partial charge in [0.15, 0.2) is 0 Å². The third-order valence-corrected chi connectivity index (χ3v) is 4.92. The van der Waals surface area contributed by atoms with E-state index in [1.54, 1.807) is 0 Å². The standard InChI is InChI=1S/C23H23N3O3/c1-15(16-9-11-19(12-10-16)25-22(28)17-7-8-17)24-21(27)13-20-14-29-23(26-20)18-5-3-2-4-6-18/h2-6,9-12,14-15,17H,7-8,13H2,1H3,(H,24,27)(H,25,28). The molecule has 2 N–H and O–H groups in total. The zero-order valence-corrected chi connectivity index (χ0v) is 16.2. The molecule has 3 aromatic rings. The second-order valence-electron chi connectivity index (χ2n) is 7.36. The number of oxazole rings is 1. The number of nitrogens with one attached hydrogen (secondary N) is 2. The Morgan fingerprint density at radius 3 is 2.52 bits per heavy atom. The van der Waals surface area contributed by atoms with E-state index in [1.807, 2.05) is 61.5 Å². The fraction of sp³-hybridized carbons (Fsp3) is 0.261. The summed E-state index contributed by atoms with van der Waals surface area (Å²) in [5.74, 6) is 0.634. The molecule has 0 aliphatic heterocycles. The van der Waals surface area contributed by atoms with Crippen LogP contribution in [-0.2, 0) is 16.0 Å². The van der Waals surface area contributed by atoms with Gasteiger partial charge in [-0.25, -0.2) is 4.98 Å². The molecule has 1 aromatic heterocycles. The molecule has 1 unspecified atom stereocenters. The second-order valence-corrected chi connectivity index (χ2v) is 7.36. The van der Waals surface area contributed by atoms with Gasteiger partial charge in [0.2, 0.25) is 17.7 Å². The first-order valence-corrected chi connectivity index (χ1v) is 9.78. The van der Waals surface area contributed by atoms with Gasteiger partial charge in [-0.3, -0.25) is 9.59 Å². The summed E-state index contributed by atoms with van der Waals surface area (Å²) in [6.07, 6.45) is 3.62. The molecule has 1 atom stereocenters. The third kappa shape index (κ3) is 4.90. The smallest absolute Gasteiger partial charge is 0.227 e. The van der Waals surface area contributed by atoms with Crippen LogP contribution in [0.5, 0.6) is 0 Å². The summed E-state index contributed by atoms with van der Waals surface area (Å²) in [5.41, 5.74) is 3.21. The van der Waals surface area contributed by atoms with Crippen molar-refractivity contribution in [3.63, 3.8) is 0 Å². The molecule has 29 heavy (non-hydrogen) atoms. The van der Waals surface area contributed by atoms with Crippen molar-refractivity contribution in [3.05, 3.63) is 72.1 Å². The fourth-order valence-corrected chi connectivity index (χ4v) is 3.09. The van der Waals surface area contributed by atoms with Gasteiger partial charge in [0.1, 0.15) is 6.26 Å². The first-order valence-electron chi connectivity index (χ1n) is 9.78. The first kappa shape index (κ1) is 18.9. The van der Waals surface area contributed by atoms with Gasteiger partial charge in [-0.1, -0.05) is 30.3 Å². The molecule has 4 rings (SSSR count). The van der Waals surface area contributed by atoms with Crippen molar-refractivity contribution in [1.29, 1.82) is 0 Å². The minimum atomic E-state index is -0.156. The highest BCUT2D eigenvalue weighted by molar-refractivity contribution is 5.94. The van der Waals surface area contributed by atoms with Gasteiger partial charge in [0, 0.05) is 17.2 Å². The molecule has 1 fully saturated rings. The van der Waals surface area contributed by atoms with Crippen LogP contribution in [0.1, 0.15) is 37.1 Å². The van der Waals surface area contributed by atoms with Gasteiger partial charge in [-0.05, 0) is 49.6 Å². The summed E-state index contributed by atoms with van der Waals surface area (Å²) < 4.78 is 5.48. The lowest BCUT2D eigenvalue weighted by molar-refractivity contribution is -0.121. The molecule has 0 spiro atoms. The predicted molar refractivity (Wildman–Crippen MR) is 110 cm³/mol. The molecular formula is C23H23N3O3. The molecule has 6 heteroatoms. The quantitative estimate of drug-likeness (QED) is 0.637. The van der Waals surface area contributed by atoms with E-state index in [-0.39, 0.29) is 30.2 Å². The number of aromatic nitrogens is 1. The number of hydrogen-bond acceptors (Lipinski definition) is 4. The normalized spacial score (nSPS) is 14.2. The molecule has 0 saturated heterocycles. The Kier molecular flexibility index (Phi) is 5.42. The maximum Gasteiger partial charge on any atom is 0.227 e. The van der Waals surface area contributed by atoms with Crippen molar-refractivity contribution < 1.29 is 14.0 Å². The van der Waals surface area contributed by atoms with E-state index in [0.717, 1.165) is 29.7 Å². The lowest BCUT2D eigenvalue weighted by Gasteiger charge is -2.14. The van der Waals surface area contributed by atoms with Crippen molar-refractivity contribution in [3.8, 4) is 11.5 Å². The summed E-state index contributed by atoms with van der Waals surface area (Å²) in [7, 11) is 0. The topological polar surface area (TPSA) is 84.2 Å². The Bertz CT molecular complexity index is 992. The molecule has 148 valence electrons. The number of carbonyl (C=O) groups is 2. The second kappa shape index (κ2) is 8.31. The molecule has 1 aliphatic rings. The van der Waals surface area contributed by atoms with Crippen LogP contribution in [0, 0.1) is 5.92 Å². The van der Waals surface area contributed by atoms with Crippen molar-refractivity contribution >= 4 is 17.5 Å². The van der Waals surface area contributed by atoms with E-state index in [4.69, 9.17) is 4.42 Å². The Morgan fingerprint density at radius 2 is 1.83 bits per heavy atom. The Morgan fingerprint density at radius 1 is 1.10 bits per heavy atom. The summed E-state index contributed by atoms with van der Waals surface area (Å²) in [4.78, 5) is 28.6. The first-order chi connectivity index (χ1) is 14.1. The summed E-state index contributed by atoms with van der Waals surface area (Å²) in [6, 6.07) is 17.0. The highest BCUT2D eigenvalue weighted by atomic mass is 16.3. The van der Waals surface area contributed by atoms with Gasteiger partial charge in [0.05, 0.1) is 18.2 Å². The number of amides is 2. The molecule has 1 aliphatic carbocycles. The van der Waals surface area contributed by atoms with Crippen LogP contribution in [-0.4, -0.2) is 16.8 Å². The Hall–Kier alpha value is -3.41. The summed E-state index contributed by atoms with van der Waals surface area (Å²) in [6.45, 7) is 1.92. The molecule has 0 bridgehead atoms. The monoisotopic (exact) mass is 389 g/mol. The van der Waals surface area contributed by atoms with Crippen LogP contribution in [0.3, 0.4) is 0 Å². The minimum absolute atomic E-state index is 0.0848. The lowest BCUT2D eigenvalue weighted by Crippen LogP contribution is -2.28. The Labute approximate surface area is 169 Å². The van der Waals surface area contributed by atoms with Crippen molar-refractivity contribution in [2.24, 2.45) is 5.92 Å². The predicted octanol–water partition coefficient (Wildman–Crippen LogP) is 4.11. The zero-order chi connectivity index (χ0) is 20.2. The van der Waals surface area contributed by atoms with Crippen LogP contribution in [0.2, 0.25) is 0 Å². The minimum Gasteiger partial charge on any atom is -0.444 e. The van der Waals surface area contributed by atoms with Gasteiger partial charge >= 0.3 is 0 Å². The molecule has 0 radical (unpaired) electrons. The van der Waals surface area contributed by atoms with Crippen molar-refractivity contribution in [2.45, 2.75) is 32.2 Å². The fourth-order valence-electron chi connectivity index (χ4n) is 3.09. The van der Waals surface area contributed by atoms with Gasteiger partial charge in [-0.2, -0.15) is 0 Å². The largest absolute Gasteiger partial charge is 0.444 e. The molecule has 1 heterocycles. The highest BCUT2D eigenvalue weighted by Gasteiger charge is 2.29. The SMILES string of the molecule is CC(NC(=O)Cc1coc(-c2ccccc2)n1)c1ccc(NC(=O)C2CC2)cc1. The van der Waals surface area contributed by atoms with Crippen LogP contribution in [0.15, 0.2) is 65.3 Å². The van der Waals surface area contributed by atoms with E-state index in [2.05, 4.69) is 15.6 Å². The van der Waals surface area contributed by atoms with Crippen molar-refractivity contribution in [1.82, 2.24) is 10.3 Å². The van der Waals surface area contributed by atoms with Crippen molar-refractivity contribution in [2.75, 3.05) is 5.32 Å². The maximum atomic E-state index is 12.4. The molecule has 1 saturated carbocycles. The number of benzene rings is 2. The molecule has 2 aromatic carbocycles. The van der Waals surface area contributed by atoms with E-state index in [0.29, 0.717) is 11.6 Å². The number of nitrogens with zero attached hydrogens (tertiary/aromatic N) is 1. The number of anilines is 1. The van der Waals surface area contributed by atoms with E-state index in [1.165, 1.54) is 6.26 Å². The highest BCUT2D eigenvalue weighted by Crippen LogP contribution is 2.30. The average molecular weight is 389 g/mol. The number of carbonyl (C=O) groups excluding carboxylic acids is 2. The van der Waals surface area contributed by atoms with E-state index < -0.39 is 0 Å². The van der Waals surface area contributed by atoms with E-state index >= 15 is 0 Å². The molecular weight excluding hydrogens is 366 g/mol. The maximum absolute atomic E-state index is 12.4. The van der Waals surface area contributed by atoms with Crippen LogP contribution in [0.4, 0.5) is 5.69 Å². The third-order valence-electron chi connectivity index (χ3n) is 4.92. The van der Waals surface area contributed by atoms with Gasteiger partial charge in [-0.15, -0.1) is 0 Å². The average Bonchev–Trinajstić information content (AvgIpc) is 3.49. The Balaban J connectivity index is 1.31. The zero-order valence-electron chi connectivity index (χ0n) is 16.2. The van der Waals surface area contributed by atoms with Crippen LogP contribution >= 0.6 is 0 Å². The number of hydrogen-bond donors (Lipinski definition) is 2. The van der Waals surface area contributed by atoms with Gasteiger partial charge in [0.25, 0.3) is 0 Å². The molecule has 2 amide bonds. The summed E-state index contributed by atoms with van der Waals surface area (Å²) >= 11 is 0. The van der Waals surface area contributed by atoms with Gasteiger partial charge < -0.3 is 15.1 Å². The summed E-state index contributed by atoms with van der Waals surface area (Å²) in [5, 5.41) is 5.89. The number of rotatable bonds is 7. The van der Waals surface area contributed by atoms with Crippen LogP contribution in [0.25, 0.3) is 11.5 Å². The van der Waals surface area contributed by atoms with E-state index in [9.17, 15) is 9.59 Å².